The summed E-state index contributed by atoms with van der Waals surface area (Å²) in [6.45, 7) is 0.392. The minimum atomic E-state index is -0.684. The number of nitrogens with two attached hydrogens (primary N) is 1. The summed E-state index contributed by atoms with van der Waals surface area (Å²) in [7, 11) is 0. The largest absolute Gasteiger partial charge is 0.385 e. The number of primary amides is 1. The minimum Gasteiger partial charge on any atom is -0.385 e. The van der Waals surface area contributed by atoms with Crippen LogP contribution in [0.1, 0.15) is 12.8 Å². The summed E-state index contributed by atoms with van der Waals surface area (Å²) >= 11 is 0. The molecular formula is C10H12FN3O3. The van der Waals surface area contributed by atoms with Crippen molar-refractivity contribution in [2.75, 3.05) is 11.9 Å². The second-order valence-electron chi connectivity index (χ2n) is 3.45. The first-order valence-electron chi connectivity index (χ1n) is 4.96. The van der Waals surface area contributed by atoms with Gasteiger partial charge in [0.1, 0.15) is 5.82 Å². The highest BCUT2D eigenvalue weighted by atomic mass is 19.1. The molecule has 0 fully saturated rings. The third kappa shape index (κ3) is 4.45. The number of hydrogen-bond acceptors (Lipinski definition) is 4. The lowest BCUT2D eigenvalue weighted by Gasteiger charge is -2.05. The van der Waals surface area contributed by atoms with Gasteiger partial charge in [0.25, 0.3) is 5.69 Å². The quantitative estimate of drug-likeness (QED) is 0.447. The third-order valence-electron chi connectivity index (χ3n) is 2.02. The van der Waals surface area contributed by atoms with Gasteiger partial charge in [0.15, 0.2) is 0 Å². The Bertz CT molecular complexity index is 437. The number of hydrogen-bond donors (Lipinski definition) is 2. The van der Waals surface area contributed by atoms with E-state index in [1.165, 1.54) is 6.07 Å². The van der Waals surface area contributed by atoms with Crippen LogP contribution >= 0.6 is 0 Å². The van der Waals surface area contributed by atoms with Gasteiger partial charge in [-0.05, 0) is 12.5 Å². The Balaban J connectivity index is 2.59. The first-order chi connectivity index (χ1) is 7.99. The van der Waals surface area contributed by atoms with Crippen LogP contribution in [-0.2, 0) is 4.79 Å². The van der Waals surface area contributed by atoms with E-state index in [9.17, 15) is 19.3 Å². The number of nitrogens with zero attached hydrogens (tertiary/aromatic N) is 1. The molecule has 0 spiro atoms. The maximum absolute atomic E-state index is 13.0. The smallest absolute Gasteiger partial charge is 0.274 e. The highest BCUT2D eigenvalue weighted by Gasteiger charge is 2.09. The first kappa shape index (κ1) is 12.9. The highest BCUT2D eigenvalue weighted by Crippen LogP contribution is 2.19. The number of nitrogens with one attached hydrogen (secondary N) is 1. The van der Waals surface area contributed by atoms with E-state index in [2.05, 4.69) is 5.32 Å². The maximum Gasteiger partial charge on any atom is 0.274 e. The number of carbonyl (C=O) groups excluding carboxylic acids is 1. The van der Waals surface area contributed by atoms with E-state index < -0.39 is 16.6 Å². The second kappa shape index (κ2) is 5.78. The molecule has 0 atom stereocenters. The lowest BCUT2D eigenvalue weighted by atomic mass is 10.2. The van der Waals surface area contributed by atoms with Crippen molar-refractivity contribution in [3.63, 3.8) is 0 Å². The molecule has 0 aliphatic heterocycles. The molecular weight excluding hydrogens is 229 g/mol. The molecule has 17 heavy (non-hydrogen) atoms. The standard InChI is InChI=1S/C10H12FN3O3/c11-7-4-8(6-9(5-7)14(16)17)13-3-1-2-10(12)15/h4-6,13H,1-3H2,(H2,12,15). The number of carbonyl (C=O) groups is 1. The fourth-order valence-corrected chi connectivity index (χ4v) is 1.28. The van der Waals surface area contributed by atoms with Crippen molar-refractivity contribution in [3.05, 3.63) is 34.1 Å². The van der Waals surface area contributed by atoms with Gasteiger partial charge in [-0.1, -0.05) is 0 Å². The van der Waals surface area contributed by atoms with Gasteiger partial charge < -0.3 is 11.1 Å². The van der Waals surface area contributed by atoms with Crippen LogP contribution in [0.3, 0.4) is 0 Å². The fourth-order valence-electron chi connectivity index (χ4n) is 1.28. The number of benzene rings is 1. The Morgan fingerprint density at radius 3 is 2.76 bits per heavy atom. The SMILES string of the molecule is NC(=O)CCCNc1cc(F)cc([N+](=O)[O-])c1. The average molecular weight is 241 g/mol. The summed E-state index contributed by atoms with van der Waals surface area (Å²) in [6, 6.07) is 3.22. The molecule has 0 aliphatic carbocycles. The summed E-state index contributed by atoms with van der Waals surface area (Å²) < 4.78 is 13.0. The Morgan fingerprint density at radius 1 is 1.47 bits per heavy atom. The van der Waals surface area contributed by atoms with Gasteiger partial charge in [0.05, 0.1) is 11.0 Å². The molecule has 92 valence electrons. The summed E-state index contributed by atoms with van der Waals surface area (Å²) in [5, 5.41) is 13.3. The molecule has 1 rings (SSSR count). The Morgan fingerprint density at radius 2 is 2.18 bits per heavy atom. The lowest BCUT2D eigenvalue weighted by molar-refractivity contribution is -0.385. The molecule has 0 radical (unpaired) electrons. The van der Waals surface area contributed by atoms with Crippen LogP contribution in [-0.4, -0.2) is 17.4 Å². The van der Waals surface area contributed by atoms with Crippen LogP contribution in [0.5, 0.6) is 0 Å². The van der Waals surface area contributed by atoms with Gasteiger partial charge >= 0.3 is 0 Å². The molecule has 0 bridgehead atoms. The molecule has 0 aliphatic rings. The van der Waals surface area contributed by atoms with E-state index in [0.717, 1.165) is 12.1 Å². The molecule has 0 saturated heterocycles. The average Bonchev–Trinajstić information content (AvgIpc) is 2.23. The monoisotopic (exact) mass is 241 g/mol. The van der Waals surface area contributed by atoms with Crippen LogP contribution < -0.4 is 11.1 Å². The van der Waals surface area contributed by atoms with Crippen LogP contribution in [0, 0.1) is 15.9 Å². The molecule has 0 aromatic heterocycles. The van der Waals surface area contributed by atoms with E-state index in [1.807, 2.05) is 0 Å². The first-order valence-corrected chi connectivity index (χ1v) is 4.96. The predicted octanol–water partition coefficient (Wildman–Crippen LogP) is 1.41. The summed E-state index contributed by atoms with van der Waals surface area (Å²) in [5.41, 5.74) is 4.93. The van der Waals surface area contributed by atoms with E-state index in [0.29, 0.717) is 18.7 Å². The summed E-state index contributed by atoms with van der Waals surface area (Å²) in [4.78, 5) is 20.3. The van der Waals surface area contributed by atoms with Crippen LogP contribution in [0.25, 0.3) is 0 Å². The molecule has 1 aromatic rings. The van der Waals surface area contributed by atoms with Gasteiger partial charge in [0, 0.05) is 24.7 Å². The van der Waals surface area contributed by atoms with E-state index in [1.54, 1.807) is 0 Å². The molecule has 0 saturated carbocycles. The van der Waals surface area contributed by atoms with Crippen LogP contribution in [0.4, 0.5) is 15.8 Å². The van der Waals surface area contributed by atoms with Crippen molar-refractivity contribution in [3.8, 4) is 0 Å². The van der Waals surface area contributed by atoms with Crippen molar-refractivity contribution in [1.82, 2.24) is 0 Å². The molecule has 0 heterocycles. The Labute approximate surface area is 96.8 Å². The van der Waals surface area contributed by atoms with Crippen molar-refractivity contribution in [2.24, 2.45) is 5.73 Å². The number of non-ortho nitro benzene ring substituents is 1. The molecule has 0 unspecified atom stereocenters. The predicted molar refractivity (Wildman–Crippen MR) is 60.0 cm³/mol. The molecule has 7 heteroatoms. The van der Waals surface area contributed by atoms with Crippen molar-refractivity contribution >= 4 is 17.3 Å². The summed E-state index contributed by atoms with van der Waals surface area (Å²) in [5.74, 6) is -1.10. The molecule has 3 N–H and O–H groups in total. The third-order valence-corrected chi connectivity index (χ3v) is 2.02. The molecule has 1 aromatic carbocycles. The van der Waals surface area contributed by atoms with Crippen molar-refractivity contribution < 1.29 is 14.1 Å². The van der Waals surface area contributed by atoms with E-state index >= 15 is 0 Å². The number of nitro groups is 1. The lowest BCUT2D eigenvalue weighted by Crippen LogP contribution is -2.12. The number of nitro benzene ring substituents is 1. The minimum absolute atomic E-state index is 0.213. The van der Waals surface area contributed by atoms with E-state index in [-0.39, 0.29) is 12.1 Å². The molecule has 1 amide bonds. The highest BCUT2D eigenvalue weighted by molar-refractivity contribution is 5.73. The fraction of sp³-hybridized carbons (Fsp3) is 0.300. The number of amides is 1. The van der Waals surface area contributed by atoms with Gasteiger partial charge in [0.2, 0.25) is 5.91 Å². The number of anilines is 1. The number of rotatable bonds is 6. The molecule has 6 nitrogen and oxygen atoms in total. The van der Waals surface area contributed by atoms with Crippen molar-refractivity contribution in [2.45, 2.75) is 12.8 Å². The van der Waals surface area contributed by atoms with Gasteiger partial charge in [-0.25, -0.2) is 4.39 Å². The van der Waals surface area contributed by atoms with Gasteiger partial charge in [-0.2, -0.15) is 0 Å². The zero-order valence-corrected chi connectivity index (χ0v) is 8.98. The normalized spacial score (nSPS) is 9.94. The zero-order chi connectivity index (χ0) is 12.8. The Kier molecular flexibility index (Phi) is 4.38. The van der Waals surface area contributed by atoms with Gasteiger partial charge in [-0.3, -0.25) is 14.9 Å². The Hall–Kier alpha value is -2.18. The summed E-state index contributed by atoms with van der Waals surface area (Å²) in [6.07, 6.45) is 0.698. The second-order valence-corrected chi connectivity index (χ2v) is 3.45. The zero-order valence-electron chi connectivity index (χ0n) is 8.98. The van der Waals surface area contributed by atoms with Gasteiger partial charge in [-0.15, -0.1) is 0 Å². The van der Waals surface area contributed by atoms with E-state index in [4.69, 9.17) is 5.73 Å². The topological polar surface area (TPSA) is 98.3 Å². The van der Waals surface area contributed by atoms with Crippen LogP contribution in [0.2, 0.25) is 0 Å². The van der Waals surface area contributed by atoms with Crippen LogP contribution in [0.15, 0.2) is 18.2 Å². The van der Waals surface area contributed by atoms with Crippen molar-refractivity contribution in [1.29, 1.82) is 0 Å². The number of halogens is 1. The maximum atomic E-state index is 13.0.